The molecule has 2 unspecified atom stereocenters. The number of carbonyl (C=O) groups excluding carboxylic acids is 2. The zero-order valence-electron chi connectivity index (χ0n) is 15.5. The van der Waals surface area contributed by atoms with Gasteiger partial charge in [-0.05, 0) is 30.5 Å². The van der Waals surface area contributed by atoms with Gasteiger partial charge in [-0.3, -0.25) is 9.48 Å². The molecule has 3 rings (SSSR count). The molecular weight excluding hydrogens is 349 g/mol. The van der Waals surface area contributed by atoms with Crippen LogP contribution in [0.3, 0.4) is 0 Å². The van der Waals surface area contributed by atoms with E-state index >= 15 is 0 Å². The predicted octanol–water partition coefficient (Wildman–Crippen LogP) is 1.96. The lowest BCUT2D eigenvalue weighted by molar-refractivity contribution is -0.119. The standard InChI is InChI=1S/C19H24FN5O2/c1-13(26)22-17-4-3-9-25(12-17)19(27)23-18(15-10-21-24(2)11-15)14-5-7-16(20)8-6-14/h5-8,10-11,17-18H,3-4,9,12H2,1-2H3,(H,22,26)(H,23,27). The van der Waals surface area contributed by atoms with E-state index in [0.717, 1.165) is 24.0 Å². The fraction of sp³-hybridized carbons (Fsp3) is 0.421. The second-order valence-electron chi connectivity index (χ2n) is 6.87. The molecule has 1 aliphatic rings. The zero-order chi connectivity index (χ0) is 19.4. The molecule has 1 fully saturated rings. The van der Waals surface area contributed by atoms with Gasteiger partial charge in [0.1, 0.15) is 5.82 Å². The number of hydrogen-bond acceptors (Lipinski definition) is 3. The first kappa shape index (κ1) is 18.9. The Balaban J connectivity index is 1.76. The first-order chi connectivity index (χ1) is 12.9. The number of nitrogens with one attached hydrogen (secondary N) is 2. The summed E-state index contributed by atoms with van der Waals surface area (Å²) in [5.41, 5.74) is 1.58. The van der Waals surface area contributed by atoms with Crippen LogP contribution >= 0.6 is 0 Å². The minimum Gasteiger partial charge on any atom is -0.352 e. The molecule has 0 aliphatic carbocycles. The van der Waals surface area contributed by atoms with Crippen molar-refractivity contribution < 1.29 is 14.0 Å². The normalized spacial score (nSPS) is 18.0. The van der Waals surface area contributed by atoms with E-state index in [0.29, 0.717) is 13.1 Å². The van der Waals surface area contributed by atoms with Crippen LogP contribution in [0.1, 0.15) is 36.9 Å². The second kappa shape index (κ2) is 8.20. The average molecular weight is 373 g/mol. The Hall–Kier alpha value is -2.90. The van der Waals surface area contributed by atoms with Crippen LogP contribution in [0.5, 0.6) is 0 Å². The van der Waals surface area contributed by atoms with Crippen LogP contribution in [0.15, 0.2) is 36.7 Å². The largest absolute Gasteiger partial charge is 0.352 e. The number of nitrogens with zero attached hydrogens (tertiary/aromatic N) is 3. The predicted molar refractivity (Wildman–Crippen MR) is 98.4 cm³/mol. The summed E-state index contributed by atoms with van der Waals surface area (Å²) in [6.45, 7) is 2.58. The van der Waals surface area contributed by atoms with E-state index < -0.39 is 6.04 Å². The number of piperidine rings is 1. The lowest BCUT2D eigenvalue weighted by atomic mass is 10.0. The highest BCUT2D eigenvalue weighted by molar-refractivity contribution is 5.76. The SMILES string of the molecule is CC(=O)NC1CCCN(C(=O)NC(c2ccc(F)cc2)c2cnn(C)c2)C1. The van der Waals surface area contributed by atoms with Crippen molar-refractivity contribution >= 4 is 11.9 Å². The van der Waals surface area contributed by atoms with Crippen molar-refractivity contribution in [2.24, 2.45) is 7.05 Å². The van der Waals surface area contributed by atoms with Crippen molar-refractivity contribution in [2.45, 2.75) is 31.8 Å². The van der Waals surface area contributed by atoms with Gasteiger partial charge in [-0.15, -0.1) is 0 Å². The second-order valence-corrected chi connectivity index (χ2v) is 6.87. The van der Waals surface area contributed by atoms with Crippen molar-refractivity contribution in [3.05, 3.63) is 53.6 Å². The van der Waals surface area contributed by atoms with Gasteiger partial charge in [-0.1, -0.05) is 12.1 Å². The molecule has 0 saturated carbocycles. The number of aryl methyl sites for hydroxylation is 1. The molecule has 0 radical (unpaired) electrons. The zero-order valence-corrected chi connectivity index (χ0v) is 15.5. The molecule has 0 spiro atoms. The molecule has 1 saturated heterocycles. The van der Waals surface area contributed by atoms with E-state index in [1.807, 2.05) is 6.20 Å². The van der Waals surface area contributed by atoms with Gasteiger partial charge < -0.3 is 15.5 Å². The number of urea groups is 1. The number of likely N-dealkylation sites (tertiary alicyclic amines) is 1. The summed E-state index contributed by atoms with van der Waals surface area (Å²) < 4.78 is 15.0. The summed E-state index contributed by atoms with van der Waals surface area (Å²) in [7, 11) is 1.80. The van der Waals surface area contributed by atoms with Crippen LogP contribution in [-0.4, -0.2) is 45.8 Å². The Bertz CT molecular complexity index is 805. The maximum absolute atomic E-state index is 13.3. The lowest BCUT2D eigenvalue weighted by Gasteiger charge is -2.34. The third-order valence-corrected chi connectivity index (χ3v) is 4.65. The molecule has 1 aromatic heterocycles. The quantitative estimate of drug-likeness (QED) is 0.860. The Kier molecular flexibility index (Phi) is 5.73. The minimum absolute atomic E-state index is 0.0373. The summed E-state index contributed by atoms with van der Waals surface area (Å²) in [5, 5.41) is 10.1. The molecule has 2 atom stereocenters. The van der Waals surface area contributed by atoms with Gasteiger partial charge in [-0.25, -0.2) is 9.18 Å². The fourth-order valence-corrected chi connectivity index (χ4v) is 3.39. The minimum atomic E-state index is -0.437. The van der Waals surface area contributed by atoms with Crippen molar-refractivity contribution in [1.82, 2.24) is 25.3 Å². The molecule has 0 bridgehead atoms. The summed E-state index contributed by atoms with van der Waals surface area (Å²) in [6.07, 6.45) is 5.19. The number of hydrogen-bond donors (Lipinski definition) is 2. The first-order valence-corrected chi connectivity index (χ1v) is 8.99. The highest BCUT2D eigenvalue weighted by Crippen LogP contribution is 2.23. The highest BCUT2D eigenvalue weighted by atomic mass is 19.1. The number of halogens is 1. The van der Waals surface area contributed by atoms with Crippen LogP contribution in [0.2, 0.25) is 0 Å². The summed E-state index contributed by atoms with van der Waals surface area (Å²) in [5.74, 6) is -0.425. The summed E-state index contributed by atoms with van der Waals surface area (Å²) in [6, 6.07) is 5.37. The van der Waals surface area contributed by atoms with Gasteiger partial charge >= 0.3 is 6.03 Å². The van der Waals surface area contributed by atoms with Crippen LogP contribution in [0, 0.1) is 5.82 Å². The number of amides is 3. The molecular formula is C19H24FN5O2. The molecule has 144 valence electrons. The lowest BCUT2D eigenvalue weighted by Crippen LogP contribution is -2.52. The summed E-state index contributed by atoms with van der Waals surface area (Å²) in [4.78, 5) is 25.9. The number of benzene rings is 1. The smallest absolute Gasteiger partial charge is 0.318 e. The van der Waals surface area contributed by atoms with Crippen LogP contribution < -0.4 is 10.6 Å². The van der Waals surface area contributed by atoms with Crippen molar-refractivity contribution in [2.75, 3.05) is 13.1 Å². The molecule has 2 N–H and O–H groups in total. The molecule has 3 amide bonds. The van der Waals surface area contributed by atoms with Gasteiger partial charge in [0.05, 0.1) is 12.2 Å². The topological polar surface area (TPSA) is 79.3 Å². The van der Waals surface area contributed by atoms with Crippen LogP contribution in [0.4, 0.5) is 9.18 Å². The third kappa shape index (κ3) is 4.84. The van der Waals surface area contributed by atoms with E-state index in [4.69, 9.17) is 0 Å². The average Bonchev–Trinajstić information content (AvgIpc) is 3.06. The Morgan fingerprint density at radius 2 is 2.00 bits per heavy atom. The Morgan fingerprint density at radius 1 is 1.26 bits per heavy atom. The molecule has 27 heavy (non-hydrogen) atoms. The summed E-state index contributed by atoms with van der Waals surface area (Å²) >= 11 is 0. The Morgan fingerprint density at radius 3 is 2.63 bits per heavy atom. The monoisotopic (exact) mass is 373 g/mol. The van der Waals surface area contributed by atoms with Crippen molar-refractivity contribution in [1.29, 1.82) is 0 Å². The molecule has 2 aromatic rings. The van der Waals surface area contributed by atoms with Gasteiger partial charge in [0, 0.05) is 44.9 Å². The maximum atomic E-state index is 13.3. The number of aromatic nitrogens is 2. The molecule has 8 heteroatoms. The van der Waals surface area contributed by atoms with Crippen molar-refractivity contribution in [3.8, 4) is 0 Å². The molecule has 1 aromatic carbocycles. The Labute approximate surface area is 157 Å². The first-order valence-electron chi connectivity index (χ1n) is 8.99. The fourth-order valence-electron chi connectivity index (χ4n) is 3.39. The molecule has 2 heterocycles. The van der Waals surface area contributed by atoms with Gasteiger partial charge in [-0.2, -0.15) is 5.10 Å². The van der Waals surface area contributed by atoms with Crippen LogP contribution in [-0.2, 0) is 11.8 Å². The molecule has 1 aliphatic heterocycles. The number of carbonyl (C=O) groups is 2. The van der Waals surface area contributed by atoms with Gasteiger partial charge in [0.2, 0.25) is 5.91 Å². The number of rotatable bonds is 4. The molecule has 7 nitrogen and oxygen atoms in total. The highest BCUT2D eigenvalue weighted by Gasteiger charge is 2.27. The van der Waals surface area contributed by atoms with E-state index in [2.05, 4.69) is 15.7 Å². The maximum Gasteiger partial charge on any atom is 0.318 e. The van der Waals surface area contributed by atoms with E-state index in [9.17, 15) is 14.0 Å². The van der Waals surface area contributed by atoms with E-state index in [-0.39, 0.29) is 23.8 Å². The van der Waals surface area contributed by atoms with Crippen molar-refractivity contribution in [3.63, 3.8) is 0 Å². The third-order valence-electron chi connectivity index (χ3n) is 4.65. The van der Waals surface area contributed by atoms with Gasteiger partial charge in [0.15, 0.2) is 0 Å². The van der Waals surface area contributed by atoms with Crippen LogP contribution in [0.25, 0.3) is 0 Å². The van der Waals surface area contributed by atoms with E-state index in [1.165, 1.54) is 19.1 Å². The van der Waals surface area contributed by atoms with Gasteiger partial charge in [0.25, 0.3) is 0 Å². The van der Waals surface area contributed by atoms with E-state index in [1.54, 1.807) is 35.0 Å².